The summed E-state index contributed by atoms with van der Waals surface area (Å²) in [4.78, 5) is 0. The second-order valence-electron chi connectivity index (χ2n) is 7.25. The van der Waals surface area contributed by atoms with E-state index in [0.717, 1.165) is 12.5 Å². The second-order valence-corrected chi connectivity index (χ2v) is 7.25. The lowest BCUT2D eigenvalue weighted by molar-refractivity contribution is -0.0280. The number of hydrogen-bond acceptors (Lipinski definition) is 3. The van der Waals surface area contributed by atoms with E-state index in [1.807, 2.05) is 0 Å². The maximum atomic E-state index is 9.99. The zero-order chi connectivity index (χ0) is 14.4. The van der Waals surface area contributed by atoms with Gasteiger partial charge in [-0.1, -0.05) is 20.3 Å². The van der Waals surface area contributed by atoms with E-state index < -0.39 is 0 Å². The first-order valence-corrected chi connectivity index (χ1v) is 8.64. The average Bonchev–Trinajstić information content (AvgIpc) is 3.18. The number of nitrogens with one attached hydrogen (secondary N) is 1. The summed E-state index contributed by atoms with van der Waals surface area (Å²) in [5.74, 6) is 0.856. The van der Waals surface area contributed by atoms with Crippen molar-refractivity contribution in [2.75, 3.05) is 19.7 Å². The van der Waals surface area contributed by atoms with Crippen molar-refractivity contribution in [3.8, 4) is 0 Å². The third kappa shape index (κ3) is 5.34. The van der Waals surface area contributed by atoms with Crippen LogP contribution in [0.3, 0.4) is 0 Å². The Hall–Kier alpha value is -0.120. The molecule has 1 atom stereocenters. The van der Waals surface area contributed by atoms with E-state index in [0.29, 0.717) is 24.7 Å². The molecule has 0 aromatic heterocycles. The summed E-state index contributed by atoms with van der Waals surface area (Å²) in [5.41, 5.74) is 0.564. The molecule has 0 aromatic rings. The van der Waals surface area contributed by atoms with Gasteiger partial charge in [0.05, 0.1) is 18.8 Å². The number of ether oxygens (including phenoxy) is 1. The topological polar surface area (TPSA) is 41.5 Å². The Morgan fingerprint density at radius 3 is 2.55 bits per heavy atom. The van der Waals surface area contributed by atoms with Gasteiger partial charge in [0.15, 0.2) is 0 Å². The Bertz CT molecular complexity index is 270. The summed E-state index contributed by atoms with van der Waals surface area (Å²) < 4.78 is 5.85. The molecule has 0 heterocycles. The Kier molecular flexibility index (Phi) is 6.31. The Morgan fingerprint density at radius 1 is 1.25 bits per heavy atom. The first-order valence-electron chi connectivity index (χ1n) is 8.64. The molecule has 0 aliphatic heterocycles. The summed E-state index contributed by atoms with van der Waals surface area (Å²) in [7, 11) is 0. The first-order chi connectivity index (χ1) is 9.63. The van der Waals surface area contributed by atoms with E-state index >= 15 is 0 Å². The fraction of sp³-hybridized carbons (Fsp3) is 1.00. The average molecular weight is 283 g/mol. The van der Waals surface area contributed by atoms with E-state index in [-0.39, 0.29) is 6.10 Å². The third-order valence-corrected chi connectivity index (χ3v) is 5.10. The van der Waals surface area contributed by atoms with Crippen LogP contribution in [0, 0.1) is 11.3 Å². The van der Waals surface area contributed by atoms with Crippen molar-refractivity contribution >= 4 is 0 Å². The van der Waals surface area contributed by atoms with E-state index in [1.165, 1.54) is 51.4 Å². The molecule has 0 spiro atoms. The molecule has 0 amide bonds. The van der Waals surface area contributed by atoms with E-state index in [1.54, 1.807) is 0 Å². The maximum Gasteiger partial charge on any atom is 0.0897 e. The van der Waals surface area contributed by atoms with E-state index in [9.17, 15) is 5.11 Å². The van der Waals surface area contributed by atoms with Gasteiger partial charge in [-0.15, -0.1) is 0 Å². The molecular formula is C17H33NO2. The lowest BCUT2D eigenvalue weighted by Crippen LogP contribution is -2.35. The molecule has 118 valence electrons. The number of hydrogen-bond donors (Lipinski definition) is 2. The van der Waals surface area contributed by atoms with Crippen molar-refractivity contribution in [2.24, 2.45) is 11.3 Å². The molecule has 0 radical (unpaired) electrons. The van der Waals surface area contributed by atoms with Gasteiger partial charge < -0.3 is 15.2 Å². The molecule has 3 heteroatoms. The fourth-order valence-corrected chi connectivity index (χ4v) is 3.43. The highest BCUT2D eigenvalue weighted by molar-refractivity contribution is 4.94. The minimum Gasteiger partial charge on any atom is -0.389 e. The van der Waals surface area contributed by atoms with E-state index in [4.69, 9.17) is 4.74 Å². The lowest BCUT2D eigenvalue weighted by atomic mass is 9.89. The molecular weight excluding hydrogens is 250 g/mol. The Balaban J connectivity index is 1.51. The predicted octanol–water partition coefficient (Wildman–Crippen LogP) is 3.11. The minimum atomic E-state index is -0.355. The summed E-state index contributed by atoms with van der Waals surface area (Å²) in [5, 5.41) is 13.4. The predicted molar refractivity (Wildman–Crippen MR) is 82.8 cm³/mol. The Morgan fingerprint density at radius 2 is 1.95 bits per heavy atom. The molecule has 2 fully saturated rings. The SMILES string of the molecule is CCCC1(CNCC(O)COC2CCC(C)CC2)CC1. The van der Waals surface area contributed by atoms with Crippen molar-refractivity contribution < 1.29 is 9.84 Å². The van der Waals surface area contributed by atoms with Gasteiger partial charge in [-0.25, -0.2) is 0 Å². The van der Waals surface area contributed by atoms with Gasteiger partial charge in [0.25, 0.3) is 0 Å². The fourth-order valence-electron chi connectivity index (χ4n) is 3.43. The Labute approximate surface area is 124 Å². The molecule has 2 saturated carbocycles. The standard InChI is InChI=1S/C17H33NO2/c1-3-8-17(9-10-17)13-18-11-15(19)12-20-16-6-4-14(2)5-7-16/h14-16,18-19H,3-13H2,1-2H3. The van der Waals surface area contributed by atoms with Crippen molar-refractivity contribution in [1.82, 2.24) is 5.32 Å². The van der Waals surface area contributed by atoms with Crippen LogP contribution < -0.4 is 5.32 Å². The van der Waals surface area contributed by atoms with Crippen LogP contribution in [0.5, 0.6) is 0 Å². The van der Waals surface area contributed by atoms with Gasteiger partial charge in [-0.3, -0.25) is 0 Å². The van der Waals surface area contributed by atoms with Crippen LogP contribution in [0.15, 0.2) is 0 Å². The van der Waals surface area contributed by atoms with Crippen LogP contribution in [0.4, 0.5) is 0 Å². The van der Waals surface area contributed by atoms with E-state index in [2.05, 4.69) is 19.2 Å². The largest absolute Gasteiger partial charge is 0.389 e. The summed E-state index contributed by atoms with van der Waals surface area (Å²) >= 11 is 0. The van der Waals surface area contributed by atoms with Gasteiger partial charge in [0.1, 0.15) is 0 Å². The first kappa shape index (κ1) is 16.3. The van der Waals surface area contributed by atoms with Gasteiger partial charge in [-0.2, -0.15) is 0 Å². The van der Waals surface area contributed by atoms with Gasteiger partial charge in [0, 0.05) is 13.1 Å². The molecule has 0 bridgehead atoms. The summed E-state index contributed by atoms with van der Waals surface area (Å²) in [6.45, 7) is 6.81. The smallest absolute Gasteiger partial charge is 0.0897 e. The molecule has 0 aromatic carbocycles. The third-order valence-electron chi connectivity index (χ3n) is 5.10. The van der Waals surface area contributed by atoms with Crippen LogP contribution >= 0.6 is 0 Å². The van der Waals surface area contributed by atoms with Crippen LogP contribution in [-0.4, -0.2) is 37.0 Å². The molecule has 20 heavy (non-hydrogen) atoms. The highest BCUT2D eigenvalue weighted by Crippen LogP contribution is 2.48. The van der Waals surface area contributed by atoms with Crippen LogP contribution in [0.2, 0.25) is 0 Å². The van der Waals surface area contributed by atoms with Crippen molar-refractivity contribution in [3.05, 3.63) is 0 Å². The van der Waals surface area contributed by atoms with Crippen LogP contribution in [-0.2, 0) is 4.74 Å². The minimum absolute atomic E-state index is 0.355. The maximum absolute atomic E-state index is 9.99. The molecule has 0 saturated heterocycles. The van der Waals surface area contributed by atoms with Gasteiger partial charge in [-0.05, 0) is 56.3 Å². The normalized spacial score (nSPS) is 30.1. The number of rotatable bonds is 9. The second kappa shape index (κ2) is 7.77. The summed E-state index contributed by atoms with van der Waals surface area (Å²) in [6.07, 6.45) is 10.2. The van der Waals surface area contributed by atoms with Gasteiger partial charge >= 0.3 is 0 Å². The molecule has 1 unspecified atom stereocenters. The van der Waals surface area contributed by atoms with Crippen molar-refractivity contribution in [3.63, 3.8) is 0 Å². The van der Waals surface area contributed by atoms with Crippen molar-refractivity contribution in [2.45, 2.75) is 77.4 Å². The van der Waals surface area contributed by atoms with Gasteiger partial charge in [0.2, 0.25) is 0 Å². The zero-order valence-corrected chi connectivity index (χ0v) is 13.4. The molecule has 2 rings (SSSR count). The molecule has 2 aliphatic rings. The molecule has 3 nitrogen and oxygen atoms in total. The number of aliphatic hydroxyl groups is 1. The van der Waals surface area contributed by atoms with Crippen LogP contribution in [0.1, 0.15) is 65.2 Å². The van der Waals surface area contributed by atoms with Crippen LogP contribution in [0.25, 0.3) is 0 Å². The molecule has 2 N–H and O–H groups in total. The highest BCUT2D eigenvalue weighted by atomic mass is 16.5. The monoisotopic (exact) mass is 283 g/mol. The van der Waals surface area contributed by atoms with Crippen molar-refractivity contribution in [1.29, 1.82) is 0 Å². The zero-order valence-electron chi connectivity index (χ0n) is 13.4. The number of aliphatic hydroxyl groups excluding tert-OH is 1. The quantitative estimate of drug-likeness (QED) is 0.683. The molecule has 2 aliphatic carbocycles. The highest BCUT2D eigenvalue weighted by Gasteiger charge is 2.40. The summed E-state index contributed by atoms with van der Waals surface area (Å²) in [6, 6.07) is 0. The lowest BCUT2D eigenvalue weighted by Gasteiger charge is -2.27.